The van der Waals surface area contributed by atoms with E-state index in [0.29, 0.717) is 22.0 Å². The molecular formula is C13H11ClN2O3. The molecule has 0 spiro atoms. The summed E-state index contributed by atoms with van der Waals surface area (Å²) in [5.74, 6) is 0.492. The summed E-state index contributed by atoms with van der Waals surface area (Å²) in [6.45, 7) is 0.0572. The van der Waals surface area contributed by atoms with Gasteiger partial charge in [-0.2, -0.15) is 0 Å². The number of nitrogens with zero attached hydrogens (tertiary/aromatic N) is 1. The zero-order valence-electron chi connectivity index (χ0n) is 9.88. The predicted octanol–water partition coefficient (Wildman–Crippen LogP) is 3.41. The summed E-state index contributed by atoms with van der Waals surface area (Å²) in [6, 6.07) is 11.4. The maximum atomic E-state index is 10.9. The van der Waals surface area contributed by atoms with Crippen LogP contribution in [0.4, 0.5) is 11.4 Å². The molecule has 0 aromatic heterocycles. The van der Waals surface area contributed by atoms with E-state index in [1.807, 2.05) is 0 Å². The molecule has 0 saturated carbocycles. The average molecular weight is 279 g/mol. The number of halogens is 1. The Balaban J connectivity index is 2.20. The maximum Gasteiger partial charge on any atom is 0.277 e. The highest BCUT2D eigenvalue weighted by Gasteiger charge is 2.15. The second kappa shape index (κ2) is 5.58. The summed E-state index contributed by atoms with van der Waals surface area (Å²) < 4.78 is 5.48. The molecule has 0 bridgehead atoms. The molecule has 0 radical (unpaired) electrons. The maximum absolute atomic E-state index is 10.9. The molecule has 0 aliphatic rings. The van der Waals surface area contributed by atoms with Crippen LogP contribution in [-0.2, 0) is 6.61 Å². The number of nitro benzene ring substituents is 1. The SMILES string of the molecule is Nc1ccccc1OCc1ccc(Cl)cc1[N+](=O)[O-]. The average Bonchev–Trinajstić information content (AvgIpc) is 2.38. The van der Waals surface area contributed by atoms with Gasteiger partial charge in [0, 0.05) is 11.1 Å². The number of hydrogen-bond donors (Lipinski definition) is 1. The Kier molecular flexibility index (Phi) is 3.87. The van der Waals surface area contributed by atoms with E-state index in [1.165, 1.54) is 6.07 Å². The number of nitrogen functional groups attached to an aromatic ring is 1. The van der Waals surface area contributed by atoms with Gasteiger partial charge in [-0.05, 0) is 24.3 Å². The summed E-state index contributed by atoms with van der Waals surface area (Å²) in [4.78, 5) is 10.4. The van der Waals surface area contributed by atoms with Crippen LogP contribution in [0.1, 0.15) is 5.56 Å². The minimum absolute atomic E-state index is 0.0572. The fourth-order valence-corrected chi connectivity index (χ4v) is 1.76. The second-order valence-electron chi connectivity index (χ2n) is 3.86. The molecule has 5 nitrogen and oxygen atoms in total. The van der Waals surface area contributed by atoms with Crippen LogP contribution in [0, 0.1) is 10.1 Å². The summed E-state index contributed by atoms with van der Waals surface area (Å²) >= 11 is 5.74. The van der Waals surface area contributed by atoms with E-state index in [4.69, 9.17) is 22.1 Å². The molecule has 0 heterocycles. The minimum Gasteiger partial charge on any atom is -0.486 e. The zero-order valence-corrected chi connectivity index (χ0v) is 10.6. The van der Waals surface area contributed by atoms with Gasteiger partial charge < -0.3 is 10.5 Å². The molecule has 0 unspecified atom stereocenters. The first-order valence-electron chi connectivity index (χ1n) is 5.48. The van der Waals surface area contributed by atoms with Crippen molar-refractivity contribution in [3.63, 3.8) is 0 Å². The third-order valence-electron chi connectivity index (χ3n) is 2.55. The van der Waals surface area contributed by atoms with Crippen LogP contribution in [-0.4, -0.2) is 4.92 Å². The largest absolute Gasteiger partial charge is 0.486 e. The van der Waals surface area contributed by atoms with Gasteiger partial charge in [0.05, 0.1) is 16.2 Å². The molecule has 2 N–H and O–H groups in total. The van der Waals surface area contributed by atoms with Crippen molar-refractivity contribution < 1.29 is 9.66 Å². The monoisotopic (exact) mass is 278 g/mol. The molecule has 2 rings (SSSR count). The Morgan fingerprint density at radius 1 is 1.26 bits per heavy atom. The van der Waals surface area contributed by atoms with Crippen molar-refractivity contribution >= 4 is 23.0 Å². The van der Waals surface area contributed by atoms with Gasteiger partial charge >= 0.3 is 0 Å². The Hall–Kier alpha value is -2.27. The molecule has 2 aromatic rings. The van der Waals surface area contributed by atoms with Crippen molar-refractivity contribution in [2.75, 3.05) is 5.73 Å². The van der Waals surface area contributed by atoms with Crippen molar-refractivity contribution in [2.45, 2.75) is 6.61 Å². The number of anilines is 1. The number of para-hydroxylation sites is 2. The van der Waals surface area contributed by atoms with E-state index in [-0.39, 0.29) is 12.3 Å². The molecule has 0 fully saturated rings. The summed E-state index contributed by atoms with van der Waals surface area (Å²) in [5, 5.41) is 11.2. The molecule has 0 atom stereocenters. The van der Waals surface area contributed by atoms with Crippen LogP contribution in [0.5, 0.6) is 5.75 Å². The van der Waals surface area contributed by atoms with E-state index in [1.54, 1.807) is 36.4 Å². The zero-order chi connectivity index (χ0) is 13.8. The molecule has 19 heavy (non-hydrogen) atoms. The molecular weight excluding hydrogens is 268 g/mol. The normalized spacial score (nSPS) is 10.2. The van der Waals surface area contributed by atoms with Crippen molar-refractivity contribution in [1.82, 2.24) is 0 Å². The third-order valence-corrected chi connectivity index (χ3v) is 2.78. The standard InChI is InChI=1S/C13H11ClN2O3/c14-10-6-5-9(12(7-10)16(17)18)8-19-13-4-2-1-3-11(13)15/h1-7H,8,15H2. The van der Waals surface area contributed by atoms with E-state index >= 15 is 0 Å². The van der Waals surface area contributed by atoms with E-state index < -0.39 is 4.92 Å². The summed E-state index contributed by atoms with van der Waals surface area (Å²) in [6.07, 6.45) is 0. The van der Waals surface area contributed by atoms with E-state index in [9.17, 15) is 10.1 Å². The smallest absolute Gasteiger partial charge is 0.277 e. The van der Waals surface area contributed by atoms with Crippen LogP contribution < -0.4 is 10.5 Å². The third kappa shape index (κ3) is 3.14. The number of nitrogens with two attached hydrogens (primary N) is 1. The highest BCUT2D eigenvalue weighted by atomic mass is 35.5. The number of ether oxygens (including phenoxy) is 1. The first kappa shape index (κ1) is 13.2. The van der Waals surface area contributed by atoms with Gasteiger partial charge in [0.25, 0.3) is 5.69 Å². The second-order valence-corrected chi connectivity index (χ2v) is 4.29. The fourth-order valence-electron chi connectivity index (χ4n) is 1.60. The van der Waals surface area contributed by atoms with E-state index in [0.717, 1.165) is 0 Å². The Bertz CT molecular complexity index is 617. The van der Waals surface area contributed by atoms with Gasteiger partial charge in [-0.3, -0.25) is 10.1 Å². The van der Waals surface area contributed by atoms with Gasteiger partial charge in [0.15, 0.2) is 0 Å². The lowest BCUT2D eigenvalue weighted by molar-refractivity contribution is -0.385. The van der Waals surface area contributed by atoms with E-state index in [2.05, 4.69) is 0 Å². The Labute approximate surface area is 114 Å². The minimum atomic E-state index is -0.487. The molecule has 0 aliphatic heterocycles. The highest BCUT2D eigenvalue weighted by molar-refractivity contribution is 6.30. The van der Waals surface area contributed by atoms with Gasteiger partial charge in [0.2, 0.25) is 0 Å². The van der Waals surface area contributed by atoms with Crippen LogP contribution in [0.25, 0.3) is 0 Å². The lowest BCUT2D eigenvalue weighted by atomic mass is 10.2. The predicted molar refractivity (Wildman–Crippen MR) is 73.3 cm³/mol. The van der Waals surface area contributed by atoms with Gasteiger partial charge in [-0.25, -0.2) is 0 Å². The van der Waals surface area contributed by atoms with Crippen molar-refractivity contribution in [1.29, 1.82) is 0 Å². The topological polar surface area (TPSA) is 78.4 Å². The summed E-state index contributed by atoms with van der Waals surface area (Å²) in [5.41, 5.74) is 6.59. The number of benzene rings is 2. The molecule has 6 heteroatoms. The lowest BCUT2D eigenvalue weighted by Crippen LogP contribution is -2.02. The van der Waals surface area contributed by atoms with Crippen LogP contribution in [0.15, 0.2) is 42.5 Å². The fraction of sp³-hybridized carbons (Fsp3) is 0.0769. The first-order valence-corrected chi connectivity index (χ1v) is 5.86. The van der Waals surface area contributed by atoms with Gasteiger partial charge in [-0.15, -0.1) is 0 Å². The van der Waals surface area contributed by atoms with Crippen LogP contribution in [0.3, 0.4) is 0 Å². The highest BCUT2D eigenvalue weighted by Crippen LogP contribution is 2.26. The van der Waals surface area contributed by atoms with Crippen molar-refractivity contribution in [3.8, 4) is 5.75 Å². The van der Waals surface area contributed by atoms with Crippen molar-refractivity contribution in [2.24, 2.45) is 0 Å². The molecule has 2 aromatic carbocycles. The molecule has 0 saturated heterocycles. The number of nitro groups is 1. The molecule has 98 valence electrons. The number of hydrogen-bond acceptors (Lipinski definition) is 4. The van der Waals surface area contributed by atoms with Gasteiger partial charge in [0.1, 0.15) is 12.4 Å². The van der Waals surface area contributed by atoms with Crippen LogP contribution >= 0.6 is 11.6 Å². The first-order chi connectivity index (χ1) is 9.08. The van der Waals surface area contributed by atoms with Gasteiger partial charge in [-0.1, -0.05) is 23.7 Å². The number of rotatable bonds is 4. The Morgan fingerprint density at radius 2 is 2.00 bits per heavy atom. The lowest BCUT2D eigenvalue weighted by Gasteiger charge is -2.09. The van der Waals surface area contributed by atoms with Crippen LogP contribution in [0.2, 0.25) is 5.02 Å². The molecule has 0 amide bonds. The van der Waals surface area contributed by atoms with Crippen molar-refractivity contribution in [3.05, 3.63) is 63.2 Å². The summed E-state index contributed by atoms with van der Waals surface area (Å²) in [7, 11) is 0. The molecule has 0 aliphatic carbocycles. The quantitative estimate of drug-likeness (QED) is 0.528. The Morgan fingerprint density at radius 3 is 2.68 bits per heavy atom.